The highest BCUT2D eigenvalue weighted by Crippen LogP contribution is 2.38. The molecule has 0 amide bonds. The van der Waals surface area contributed by atoms with Crippen LogP contribution in [0.25, 0.3) is 11.1 Å². The van der Waals surface area contributed by atoms with Crippen LogP contribution < -0.4 is 0 Å². The lowest BCUT2D eigenvalue weighted by atomic mass is 9.92. The number of hydrogen-bond donors (Lipinski definition) is 0. The van der Waals surface area contributed by atoms with Gasteiger partial charge in [0, 0.05) is 0 Å². The first-order chi connectivity index (χ1) is 10.5. The zero-order chi connectivity index (χ0) is 15.9. The first-order valence-corrected chi connectivity index (χ1v) is 7.66. The topological polar surface area (TPSA) is 0 Å². The first kappa shape index (κ1) is 14.6. The van der Waals surface area contributed by atoms with Crippen LogP contribution in [-0.2, 0) is 0 Å². The second kappa shape index (κ2) is 5.46. The maximum absolute atomic E-state index is 4.08. The Morgan fingerprint density at radius 3 is 1.86 bits per heavy atom. The van der Waals surface area contributed by atoms with Gasteiger partial charge in [-0.3, -0.25) is 0 Å². The van der Waals surface area contributed by atoms with Crippen molar-refractivity contribution in [1.82, 2.24) is 0 Å². The second-order valence-corrected chi connectivity index (χ2v) is 6.18. The van der Waals surface area contributed by atoms with Crippen LogP contribution in [0.2, 0.25) is 0 Å². The molecule has 0 bridgehead atoms. The molecule has 0 saturated heterocycles. The Morgan fingerprint density at radius 1 is 0.727 bits per heavy atom. The van der Waals surface area contributed by atoms with E-state index in [2.05, 4.69) is 82.8 Å². The van der Waals surface area contributed by atoms with E-state index < -0.39 is 0 Å². The van der Waals surface area contributed by atoms with E-state index in [1.165, 1.54) is 39.0 Å². The van der Waals surface area contributed by atoms with Crippen LogP contribution in [0.5, 0.6) is 0 Å². The van der Waals surface area contributed by atoms with Crippen molar-refractivity contribution in [2.24, 2.45) is 0 Å². The van der Waals surface area contributed by atoms with Crippen LogP contribution in [0.4, 0.5) is 0 Å². The highest BCUT2D eigenvalue weighted by molar-refractivity contribution is 6.08. The molecule has 2 aromatic carbocycles. The minimum atomic E-state index is 0.946. The van der Waals surface area contributed by atoms with Gasteiger partial charge in [0.15, 0.2) is 0 Å². The smallest absolute Gasteiger partial charge is 0.00200 e. The Balaban J connectivity index is 2.09. The first-order valence-electron chi connectivity index (χ1n) is 7.66. The lowest BCUT2D eigenvalue weighted by Crippen LogP contribution is -1.92. The third-order valence-corrected chi connectivity index (χ3v) is 4.49. The van der Waals surface area contributed by atoms with Gasteiger partial charge >= 0.3 is 0 Å². The fraction of sp³-hybridized carbons (Fsp3) is 0.182. The largest absolute Gasteiger partial charge is 0.0911 e. The molecule has 0 N–H and O–H groups in total. The van der Waals surface area contributed by atoms with Crippen LogP contribution in [-0.4, -0.2) is 0 Å². The lowest BCUT2D eigenvalue weighted by molar-refractivity contribution is 1.32. The van der Waals surface area contributed by atoms with Crippen LogP contribution in [0.1, 0.15) is 33.4 Å². The monoisotopic (exact) mass is 285 g/mol. The zero-order valence-electron chi connectivity index (χ0n) is 13.7. The summed E-state index contributed by atoms with van der Waals surface area (Å²) in [6.07, 6.45) is 5.56. The van der Waals surface area contributed by atoms with Gasteiger partial charge in [-0.1, -0.05) is 43.0 Å². The van der Waals surface area contributed by atoms with Crippen molar-refractivity contribution in [3.63, 3.8) is 0 Å². The molecule has 0 heterocycles. The third-order valence-electron chi connectivity index (χ3n) is 4.49. The summed E-state index contributed by atoms with van der Waals surface area (Å²) in [6, 6.07) is 13.2. The predicted molar refractivity (Wildman–Crippen MR) is 95.6 cm³/mol. The van der Waals surface area contributed by atoms with Gasteiger partial charge in [-0.2, -0.15) is 0 Å². The van der Waals surface area contributed by atoms with Crippen molar-refractivity contribution in [2.45, 2.75) is 27.7 Å². The summed E-state index contributed by atoms with van der Waals surface area (Å²) in [4.78, 5) is 0. The number of rotatable bonds is 2. The summed E-state index contributed by atoms with van der Waals surface area (Å²) in [7, 11) is 0. The third kappa shape index (κ3) is 2.57. The van der Waals surface area contributed by atoms with Crippen molar-refractivity contribution >= 4 is 11.1 Å². The molecule has 0 aromatic heterocycles. The summed E-state index contributed by atoms with van der Waals surface area (Å²) in [5.74, 6) is 0. The fourth-order valence-corrected chi connectivity index (χ4v) is 2.77. The van der Waals surface area contributed by atoms with Gasteiger partial charge in [-0.25, -0.2) is 0 Å². The van der Waals surface area contributed by atoms with Gasteiger partial charge in [-0.15, -0.1) is 0 Å². The van der Waals surface area contributed by atoms with E-state index in [0.717, 1.165) is 11.1 Å². The molecule has 3 rings (SSSR count). The molecular formula is C22H21. The Kier molecular flexibility index (Phi) is 3.62. The van der Waals surface area contributed by atoms with E-state index in [0.29, 0.717) is 0 Å². The van der Waals surface area contributed by atoms with E-state index in [9.17, 15) is 0 Å². The van der Waals surface area contributed by atoms with Crippen molar-refractivity contribution in [3.05, 3.63) is 94.1 Å². The average molecular weight is 285 g/mol. The normalized spacial score (nSPS) is 14.1. The van der Waals surface area contributed by atoms with Crippen molar-refractivity contribution in [3.8, 4) is 0 Å². The molecule has 0 heteroatoms. The molecule has 0 nitrogen and oxygen atoms in total. The molecule has 0 unspecified atom stereocenters. The Bertz CT molecular complexity index is 760. The Hall–Kier alpha value is -2.34. The Labute approximate surface area is 133 Å². The maximum atomic E-state index is 4.08. The molecule has 0 spiro atoms. The predicted octanol–water partition coefficient (Wildman–Crippen LogP) is 5.76. The SMILES string of the molecule is C=C1[C]=C(c2ccc(C)c(C)c2)C(c2ccc(C)c(C)c2)=C1. The quantitative estimate of drug-likeness (QED) is 0.658. The standard InChI is InChI=1S/C22H21/c1-14-10-21(19-8-6-15(2)17(4)12-19)22(11-14)20-9-7-16(3)18(5)13-20/h6-10,12-13H,1H2,2-5H3. The van der Waals surface area contributed by atoms with Gasteiger partial charge in [0.25, 0.3) is 0 Å². The minimum Gasteiger partial charge on any atom is -0.0911 e. The van der Waals surface area contributed by atoms with Crippen LogP contribution in [0.15, 0.2) is 54.6 Å². The molecule has 0 saturated carbocycles. The highest BCUT2D eigenvalue weighted by atomic mass is 14.2. The van der Waals surface area contributed by atoms with Crippen LogP contribution in [0.3, 0.4) is 0 Å². The highest BCUT2D eigenvalue weighted by Gasteiger charge is 2.17. The average Bonchev–Trinajstić information content (AvgIpc) is 2.87. The van der Waals surface area contributed by atoms with Gasteiger partial charge in [0.2, 0.25) is 0 Å². The molecule has 1 radical (unpaired) electrons. The lowest BCUT2D eigenvalue weighted by Gasteiger charge is -2.12. The van der Waals surface area contributed by atoms with Crippen molar-refractivity contribution < 1.29 is 0 Å². The molecule has 22 heavy (non-hydrogen) atoms. The van der Waals surface area contributed by atoms with Crippen molar-refractivity contribution in [1.29, 1.82) is 0 Å². The van der Waals surface area contributed by atoms with Crippen LogP contribution >= 0.6 is 0 Å². The zero-order valence-corrected chi connectivity index (χ0v) is 13.7. The molecule has 2 aromatic rings. The molecule has 1 aliphatic rings. The number of aryl methyl sites for hydroxylation is 4. The van der Waals surface area contributed by atoms with E-state index in [-0.39, 0.29) is 0 Å². The van der Waals surface area contributed by atoms with Crippen LogP contribution in [0, 0.1) is 33.8 Å². The van der Waals surface area contributed by atoms with E-state index >= 15 is 0 Å². The Morgan fingerprint density at radius 2 is 1.27 bits per heavy atom. The molecule has 0 aliphatic heterocycles. The summed E-state index contributed by atoms with van der Waals surface area (Å²) in [5.41, 5.74) is 11.0. The number of allylic oxidation sites excluding steroid dienone is 5. The molecular weight excluding hydrogens is 264 g/mol. The van der Waals surface area contributed by atoms with Gasteiger partial charge in [-0.05, 0) is 89.9 Å². The molecule has 0 atom stereocenters. The van der Waals surface area contributed by atoms with E-state index in [1.54, 1.807) is 0 Å². The maximum Gasteiger partial charge on any atom is -0.00200 e. The van der Waals surface area contributed by atoms with Gasteiger partial charge < -0.3 is 0 Å². The van der Waals surface area contributed by atoms with Gasteiger partial charge in [0.05, 0.1) is 0 Å². The summed E-state index contributed by atoms with van der Waals surface area (Å²) in [6.45, 7) is 12.7. The fourth-order valence-electron chi connectivity index (χ4n) is 2.77. The van der Waals surface area contributed by atoms with E-state index in [4.69, 9.17) is 0 Å². The molecule has 0 fully saturated rings. The number of benzene rings is 2. The summed E-state index contributed by atoms with van der Waals surface area (Å²) >= 11 is 0. The summed E-state index contributed by atoms with van der Waals surface area (Å²) < 4.78 is 0. The van der Waals surface area contributed by atoms with E-state index in [1.807, 2.05) is 0 Å². The molecule has 1 aliphatic carbocycles. The minimum absolute atomic E-state index is 0.946. The molecule has 109 valence electrons. The summed E-state index contributed by atoms with van der Waals surface area (Å²) in [5, 5.41) is 0. The second-order valence-electron chi connectivity index (χ2n) is 6.18. The number of hydrogen-bond acceptors (Lipinski definition) is 0. The van der Waals surface area contributed by atoms with Crippen molar-refractivity contribution in [2.75, 3.05) is 0 Å². The van der Waals surface area contributed by atoms with Gasteiger partial charge in [0.1, 0.15) is 0 Å².